The number of hydrogen-bond acceptors (Lipinski definition) is 3. The zero-order chi connectivity index (χ0) is 11.6. The summed E-state index contributed by atoms with van der Waals surface area (Å²) in [4.78, 5) is 0.197. The van der Waals surface area contributed by atoms with E-state index in [1.54, 1.807) is 13.8 Å². The summed E-state index contributed by atoms with van der Waals surface area (Å²) in [6.45, 7) is 3.68. The summed E-state index contributed by atoms with van der Waals surface area (Å²) in [5.74, 6) is 0. The molecule has 0 fully saturated rings. The number of nitrogens with zero attached hydrogens (tertiary/aromatic N) is 2. The number of alkyl halides is 1. The Kier molecular flexibility index (Phi) is 3.75. The predicted octanol–water partition coefficient (Wildman–Crippen LogP) is 0.966. The van der Waals surface area contributed by atoms with Crippen LogP contribution in [-0.2, 0) is 10.0 Å². The van der Waals surface area contributed by atoms with Crippen molar-refractivity contribution >= 4 is 21.6 Å². The zero-order valence-electron chi connectivity index (χ0n) is 8.86. The molecule has 0 amide bonds. The van der Waals surface area contributed by atoms with E-state index in [0.29, 0.717) is 5.69 Å². The van der Waals surface area contributed by atoms with Crippen molar-refractivity contribution in [1.29, 1.82) is 0 Å². The van der Waals surface area contributed by atoms with Gasteiger partial charge < -0.3 is 0 Å². The summed E-state index contributed by atoms with van der Waals surface area (Å²) in [6.07, 6.45) is 1.31. The molecule has 15 heavy (non-hydrogen) atoms. The minimum absolute atomic E-state index is 0.197. The average Bonchev–Trinajstić information content (AvgIpc) is 2.50. The Bertz CT molecular complexity index is 427. The fourth-order valence-corrected chi connectivity index (χ4v) is 2.88. The molecule has 0 saturated heterocycles. The van der Waals surface area contributed by atoms with Gasteiger partial charge in [-0.05, 0) is 13.8 Å². The van der Waals surface area contributed by atoms with Gasteiger partial charge in [0.25, 0.3) is 0 Å². The second kappa shape index (κ2) is 4.51. The summed E-state index contributed by atoms with van der Waals surface area (Å²) in [5, 5.41) is 6.05. The van der Waals surface area contributed by atoms with Gasteiger partial charge >= 0.3 is 0 Å². The second-order valence-electron chi connectivity index (χ2n) is 3.43. The quantitative estimate of drug-likeness (QED) is 0.811. The molecule has 0 aliphatic rings. The Labute approximate surface area is 94.5 Å². The molecule has 0 radical (unpaired) electrons. The summed E-state index contributed by atoms with van der Waals surface area (Å²) < 4.78 is 25.1. The average molecular weight is 252 g/mol. The lowest BCUT2D eigenvalue weighted by Crippen LogP contribution is -2.31. The van der Waals surface area contributed by atoms with Crippen LogP contribution < -0.4 is 0 Å². The van der Waals surface area contributed by atoms with Crippen LogP contribution in [0.3, 0.4) is 0 Å². The standard InChI is InChI=1S/C8H14ClN3O2S/c1-6(9)5-12(3)15(13,14)8-4-10-11-7(8)2/h4,6H,5H2,1-3H3,(H,10,11). The zero-order valence-corrected chi connectivity index (χ0v) is 10.4. The van der Waals surface area contributed by atoms with Crippen LogP contribution >= 0.6 is 11.6 Å². The van der Waals surface area contributed by atoms with Crippen LogP contribution in [0.25, 0.3) is 0 Å². The Morgan fingerprint density at radius 1 is 1.67 bits per heavy atom. The largest absolute Gasteiger partial charge is 0.281 e. The highest BCUT2D eigenvalue weighted by atomic mass is 35.5. The maximum Gasteiger partial charge on any atom is 0.246 e. The van der Waals surface area contributed by atoms with Crippen molar-refractivity contribution in [3.63, 3.8) is 0 Å². The minimum Gasteiger partial charge on any atom is -0.281 e. The van der Waals surface area contributed by atoms with Gasteiger partial charge in [0, 0.05) is 19.0 Å². The van der Waals surface area contributed by atoms with Crippen LogP contribution in [0.15, 0.2) is 11.1 Å². The molecule has 1 aromatic heterocycles. The lowest BCUT2D eigenvalue weighted by atomic mass is 10.5. The van der Waals surface area contributed by atoms with Crippen molar-refractivity contribution in [1.82, 2.24) is 14.5 Å². The fraction of sp³-hybridized carbons (Fsp3) is 0.625. The fourth-order valence-electron chi connectivity index (χ4n) is 1.22. The molecule has 1 N–H and O–H groups in total. The molecular formula is C8H14ClN3O2S. The van der Waals surface area contributed by atoms with E-state index in [1.807, 2.05) is 0 Å². The molecule has 1 heterocycles. The lowest BCUT2D eigenvalue weighted by Gasteiger charge is -2.17. The monoisotopic (exact) mass is 251 g/mol. The Hall–Kier alpha value is -0.590. The SMILES string of the molecule is Cc1[nH]ncc1S(=O)(=O)N(C)CC(C)Cl. The number of rotatable bonds is 4. The molecule has 1 unspecified atom stereocenters. The van der Waals surface area contributed by atoms with Gasteiger partial charge in [-0.25, -0.2) is 8.42 Å². The number of nitrogens with one attached hydrogen (secondary N) is 1. The van der Waals surface area contributed by atoms with E-state index in [4.69, 9.17) is 11.6 Å². The Morgan fingerprint density at radius 3 is 2.67 bits per heavy atom. The first-order valence-corrected chi connectivity index (χ1v) is 6.33. The van der Waals surface area contributed by atoms with Crippen molar-refractivity contribution < 1.29 is 8.42 Å². The molecule has 1 atom stereocenters. The van der Waals surface area contributed by atoms with Gasteiger partial charge in [0.05, 0.1) is 11.9 Å². The van der Waals surface area contributed by atoms with E-state index >= 15 is 0 Å². The van der Waals surface area contributed by atoms with Crippen LogP contribution in [0.4, 0.5) is 0 Å². The topological polar surface area (TPSA) is 66.1 Å². The molecular weight excluding hydrogens is 238 g/mol. The van der Waals surface area contributed by atoms with Gasteiger partial charge in [0.15, 0.2) is 0 Å². The molecule has 0 aromatic carbocycles. The molecule has 5 nitrogen and oxygen atoms in total. The smallest absolute Gasteiger partial charge is 0.246 e. The first-order valence-electron chi connectivity index (χ1n) is 4.46. The third kappa shape index (κ3) is 2.70. The highest BCUT2D eigenvalue weighted by Gasteiger charge is 2.24. The van der Waals surface area contributed by atoms with Gasteiger partial charge in [-0.1, -0.05) is 0 Å². The summed E-state index contributed by atoms with van der Waals surface area (Å²) in [7, 11) is -1.97. The van der Waals surface area contributed by atoms with Crippen molar-refractivity contribution in [2.24, 2.45) is 0 Å². The molecule has 0 saturated carbocycles. The highest BCUT2D eigenvalue weighted by Crippen LogP contribution is 2.16. The van der Waals surface area contributed by atoms with E-state index in [2.05, 4.69) is 10.2 Å². The molecule has 0 aliphatic carbocycles. The van der Waals surface area contributed by atoms with E-state index in [-0.39, 0.29) is 16.8 Å². The van der Waals surface area contributed by atoms with E-state index in [0.717, 1.165) is 0 Å². The Morgan fingerprint density at radius 2 is 2.27 bits per heavy atom. The first-order chi connectivity index (χ1) is 6.85. The molecule has 1 rings (SSSR count). The number of H-pyrrole nitrogens is 1. The van der Waals surface area contributed by atoms with E-state index < -0.39 is 10.0 Å². The summed E-state index contributed by atoms with van der Waals surface area (Å²) in [5.41, 5.74) is 0.532. The van der Waals surface area contributed by atoms with Gasteiger partial charge in [0.2, 0.25) is 10.0 Å². The maximum atomic E-state index is 12.0. The van der Waals surface area contributed by atoms with Gasteiger partial charge in [-0.3, -0.25) is 5.10 Å². The second-order valence-corrected chi connectivity index (χ2v) is 6.18. The Balaban J connectivity index is 2.99. The molecule has 0 spiro atoms. The van der Waals surface area contributed by atoms with Crippen molar-refractivity contribution in [3.05, 3.63) is 11.9 Å². The van der Waals surface area contributed by atoms with Crippen molar-refractivity contribution in [2.75, 3.05) is 13.6 Å². The first kappa shape index (κ1) is 12.5. The molecule has 1 aromatic rings. The van der Waals surface area contributed by atoms with Crippen LogP contribution in [0.2, 0.25) is 0 Å². The molecule has 86 valence electrons. The predicted molar refractivity (Wildman–Crippen MR) is 58.5 cm³/mol. The van der Waals surface area contributed by atoms with Crippen LogP contribution in [0.1, 0.15) is 12.6 Å². The molecule has 7 heteroatoms. The van der Waals surface area contributed by atoms with Crippen molar-refractivity contribution in [2.45, 2.75) is 24.1 Å². The summed E-state index contributed by atoms with van der Waals surface area (Å²) >= 11 is 5.75. The van der Waals surface area contributed by atoms with Gasteiger partial charge in [0.1, 0.15) is 4.90 Å². The molecule has 0 bridgehead atoms. The van der Waals surface area contributed by atoms with Gasteiger partial charge in [-0.2, -0.15) is 9.40 Å². The van der Waals surface area contributed by atoms with Crippen molar-refractivity contribution in [3.8, 4) is 0 Å². The normalized spacial score (nSPS) is 14.5. The third-order valence-electron chi connectivity index (χ3n) is 1.98. The third-order valence-corrected chi connectivity index (χ3v) is 4.06. The number of aromatic nitrogens is 2. The number of aromatic amines is 1. The maximum absolute atomic E-state index is 12.0. The molecule has 0 aliphatic heterocycles. The highest BCUT2D eigenvalue weighted by molar-refractivity contribution is 7.89. The summed E-state index contributed by atoms with van der Waals surface area (Å²) in [6, 6.07) is 0. The van der Waals surface area contributed by atoms with Crippen LogP contribution in [-0.4, -0.2) is 41.9 Å². The van der Waals surface area contributed by atoms with E-state index in [9.17, 15) is 8.42 Å². The van der Waals surface area contributed by atoms with E-state index in [1.165, 1.54) is 17.5 Å². The van der Waals surface area contributed by atoms with Crippen LogP contribution in [0, 0.1) is 6.92 Å². The number of hydrogen-bond donors (Lipinski definition) is 1. The van der Waals surface area contributed by atoms with Crippen LogP contribution in [0.5, 0.6) is 0 Å². The lowest BCUT2D eigenvalue weighted by molar-refractivity contribution is 0.470. The van der Waals surface area contributed by atoms with Gasteiger partial charge in [-0.15, -0.1) is 11.6 Å². The number of sulfonamides is 1. The number of aryl methyl sites for hydroxylation is 1. The minimum atomic E-state index is -3.47. The number of halogens is 1.